The predicted molar refractivity (Wildman–Crippen MR) is 76.5 cm³/mol. The van der Waals surface area contributed by atoms with Crippen LogP contribution >= 0.6 is 0 Å². The molecule has 0 unspecified atom stereocenters. The van der Waals surface area contributed by atoms with Crippen molar-refractivity contribution in [2.24, 2.45) is 0 Å². The first-order chi connectivity index (χ1) is 10.6. The second-order valence-corrected chi connectivity index (χ2v) is 4.44. The van der Waals surface area contributed by atoms with Crippen LogP contribution in [0.5, 0.6) is 0 Å². The molecule has 6 nitrogen and oxygen atoms in total. The number of carbonyl (C=O) groups is 1. The van der Waals surface area contributed by atoms with E-state index in [9.17, 15) is 18.4 Å². The van der Waals surface area contributed by atoms with Crippen molar-refractivity contribution in [1.82, 2.24) is 15.1 Å². The number of benzene rings is 1. The maximum absolute atomic E-state index is 13.3. The molecule has 2 aromatic rings. The molecule has 1 aromatic heterocycles. The summed E-state index contributed by atoms with van der Waals surface area (Å²) in [5, 5.41) is 8.65. The van der Waals surface area contributed by atoms with Crippen molar-refractivity contribution < 1.29 is 13.6 Å². The second kappa shape index (κ2) is 7.30. The molecular formula is C14H14F2N4O2. The zero-order chi connectivity index (χ0) is 15.9. The fourth-order valence-corrected chi connectivity index (χ4v) is 1.74. The highest BCUT2D eigenvalue weighted by molar-refractivity contribution is 5.89. The number of rotatable bonds is 5. The summed E-state index contributed by atoms with van der Waals surface area (Å²) in [6.07, 6.45) is 1.98. The summed E-state index contributed by atoms with van der Waals surface area (Å²) in [7, 11) is 0. The first-order valence-electron chi connectivity index (χ1n) is 6.58. The van der Waals surface area contributed by atoms with Crippen molar-refractivity contribution in [2.75, 3.05) is 11.9 Å². The quantitative estimate of drug-likeness (QED) is 0.826. The lowest BCUT2D eigenvalue weighted by Gasteiger charge is -2.08. The molecule has 1 aromatic carbocycles. The molecule has 0 atom stereocenters. The smallest absolute Gasteiger partial charge is 0.319 e. The Morgan fingerprint density at radius 2 is 2.09 bits per heavy atom. The first-order valence-corrected chi connectivity index (χ1v) is 6.58. The Morgan fingerprint density at radius 3 is 2.82 bits per heavy atom. The van der Waals surface area contributed by atoms with Gasteiger partial charge in [-0.25, -0.2) is 18.3 Å². The number of nitrogens with zero attached hydrogens (tertiary/aromatic N) is 2. The molecule has 1 heterocycles. The van der Waals surface area contributed by atoms with Crippen molar-refractivity contribution >= 4 is 11.7 Å². The van der Waals surface area contributed by atoms with Crippen molar-refractivity contribution in [2.45, 2.75) is 13.0 Å². The Balaban J connectivity index is 1.76. The van der Waals surface area contributed by atoms with E-state index in [1.54, 1.807) is 6.07 Å². The molecule has 22 heavy (non-hydrogen) atoms. The van der Waals surface area contributed by atoms with Crippen LogP contribution < -0.4 is 16.2 Å². The second-order valence-electron chi connectivity index (χ2n) is 4.44. The van der Waals surface area contributed by atoms with Crippen LogP contribution in [0.4, 0.5) is 19.3 Å². The van der Waals surface area contributed by atoms with E-state index in [0.29, 0.717) is 19.0 Å². The fourth-order valence-electron chi connectivity index (χ4n) is 1.74. The highest BCUT2D eigenvalue weighted by atomic mass is 19.1. The van der Waals surface area contributed by atoms with E-state index in [0.717, 1.165) is 12.1 Å². The zero-order valence-corrected chi connectivity index (χ0v) is 11.6. The summed E-state index contributed by atoms with van der Waals surface area (Å²) < 4.78 is 27.3. The summed E-state index contributed by atoms with van der Waals surface area (Å²) in [5.74, 6) is -1.57. The molecule has 8 heteroatoms. The summed E-state index contributed by atoms with van der Waals surface area (Å²) >= 11 is 0. The van der Waals surface area contributed by atoms with Gasteiger partial charge in [0.2, 0.25) is 0 Å². The molecule has 0 spiro atoms. The molecular weight excluding hydrogens is 294 g/mol. The van der Waals surface area contributed by atoms with Gasteiger partial charge in [0.15, 0.2) is 0 Å². The number of carbonyl (C=O) groups excluding carboxylic acids is 1. The van der Waals surface area contributed by atoms with E-state index in [1.165, 1.54) is 16.9 Å². The lowest BCUT2D eigenvalue weighted by molar-refractivity contribution is 0.251. The molecule has 2 rings (SSSR count). The van der Waals surface area contributed by atoms with Crippen LogP contribution in [0.25, 0.3) is 0 Å². The standard InChI is InChI=1S/C14H14F2N4O2/c15-10-4-5-12(11(16)9-10)19-14(22)17-6-2-8-20-13(21)3-1-7-18-20/h1,3-5,7,9H,2,6,8H2,(H2,17,19,22). The van der Waals surface area contributed by atoms with E-state index in [2.05, 4.69) is 15.7 Å². The number of hydrogen-bond donors (Lipinski definition) is 2. The summed E-state index contributed by atoms with van der Waals surface area (Å²) in [4.78, 5) is 22.9. The van der Waals surface area contributed by atoms with E-state index in [4.69, 9.17) is 0 Å². The molecule has 0 bridgehead atoms. The van der Waals surface area contributed by atoms with Crippen LogP contribution in [0.1, 0.15) is 6.42 Å². The molecule has 2 N–H and O–H groups in total. The maximum Gasteiger partial charge on any atom is 0.319 e. The molecule has 0 saturated carbocycles. The normalized spacial score (nSPS) is 10.3. The third-order valence-electron chi connectivity index (χ3n) is 2.80. The average Bonchev–Trinajstić information content (AvgIpc) is 2.48. The molecule has 0 aliphatic heterocycles. The van der Waals surface area contributed by atoms with Gasteiger partial charge >= 0.3 is 6.03 Å². The maximum atomic E-state index is 13.3. The minimum absolute atomic E-state index is 0.111. The topological polar surface area (TPSA) is 76.0 Å². The number of hydrogen-bond acceptors (Lipinski definition) is 3. The van der Waals surface area contributed by atoms with Crippen LogP contribution in [-0.2, 0) is 6.54 Å². The lowest BCUT2D eigenvalue weighted by atomic mass is 10.3. The van der Waals surface area contributed by atoms with Crippen molar-refractivity contribution in [3.63, 3.8) is 0 Å². The van der Waals surface area contributed by atoms with E-state index < -0.39 is 17.7 Å². The van der Waals surface area contributed by atoms with Gasteiger partial charge in [0.25, 0.3) is 5.56 Å². The SMILES string of the molecule is O=C(NCCCn1ncccc1=O)Nc1ccc(F)cc1F. The average molecular weight is 308 g/mol. The highest BCUT2D eigenvalue weighted by Crippen LogP contribution is 2.14. The van der Waals surface area contributed by atoms with E-state index in [1.807, 2.05) is 0 Å². The fraction of sp³-hybridized carbons (Fsp3) is 0.214. The van der Waals surface area contributed by atoms with Gasteiger partial charge in [-0.3, -0.25) is 4.79 Å². The van der Waals surface area contributed by atoms with Crippen LogP contribution in [0.3, 0.4) is 0 Å². The number of aromatic nitrogens is 2. The van der Waals surface area contributed by atoms with E-state index >= 15 is 0 Å². The third kappa shape index (κ3) is 4.37. The Hall–Kier alpha value is -2.77. The molecule has 0 aliphatic carbocycles. The minimum Gasteiger partial charge on any atom is -0.338 e. The lowest BCUT2D eigenvalue weighted by Crippen LogP contribution is -2.31. The van der Waals surface area contributed by atoms with Gasteiger partial charge in [0.1, 0.15) is 11.6 Å². The Morgan fingerprint density at radius 1 is 1.27 bits per heavy atom. The number of urea groups is 1. The van der Waals surface area contributed by atoms with E-state index in [-0.39, 0.29) is 17.8 Å². The van der Waals surface area contributed by atoms with Crippen molar-refractivity contribution in [3.8, 4) is 0 Å². The van der Waals surface area contributed by atoms with Gasteiger partial charge < -0.3 is 10.6 Å². The van der Waals surface area contributed by atoms with Gasteiger partial charge in [-0.2, -0.15) is 5.10 Å². The number of halogens is 2. The largest absolute Gasteiger partial charge is 0.338 e. The molecule has 0 saturated heterocycles. The van der Waals surface area contributed by atoms with Crippen LogP contribution in [0.2, 0.25) is 0 Å². The zero-order valence-electron chi connectivity index (χ0n) is 11.6. The molecule has 0 radical (unpaired) electrons. The minimum atomic E-state index is -0.852. The first kappa shape index (κ1) is 15.6. The number of nitrogens with one attached hydrogen (secondary N) is 2. The summed E-state index contributed by atoms with van der Waals surface area (Å²) in [6.45, 7) is 0.628. The van der Waals surface area contributed by atoms with Gasteiger partial charge in [-0.15, -0.1) is 0 Å². The summed E-state index contributed by atoms with van der Waals surface area (Å²) in [5.41, 5.74) is -0.333. The van der Waals surface area contributed by atoms with Crippen molar-refractivity contribution in [3.05, 3.63) is 58.5 Å². The number of aryl methyl sites for hydroxylation is 1. The van der Waals surface area contributed by atoms with Crippen LogP contribution in [0.15, 0.2) is 41.3 Å². The third-order valence-corrected chi connectivity index (χ3v) is 2.80. The van der Waals surface area contributed by atoms with Gasteiger partial charge in [-0.05, 0) is 24.6 Å². The molecule has 2 amide bonds. The molecule has 0 aliphatic rings. The van der Waals surface area contributed by atoms with Crippen LogP contribution in [-0.4, -0.2) is 22.4 Å². The Kier molecular flexibility index (Phi) is 5.18. The molecule has 116 valence electrons. The number of amides is 2. The van der Waals surface area contributed by atoms with Gasteiger partial charge in [0, 0.05) is 31.4 Å². The Bertz CT molecular complexity index is 718. The van der Waals surface area contributed by atoms with Gasteiger partial charge in [-0.1, -0.05) is 0 Å². The van der Waals surface area contributed by atoms with Crippen LogP contribution in [0, 0.1) is 11.6 Å². The Labute approximate surface area is 124 Å². The molecule has 0 fully saturated rings. The highest BCUT2D eigenvalue weighted by Gasteiger charge is 2.07. The van der Waals surface area contributed by atoms with Gasteiger partial charge in [0.05, 0.1) is 5.69 Å². The monoisotopic (exact) mass is 308 g/mol. The number of anilines is 1. The van der Waals surface area contributed by atoms with Crippen molar-refractivity contribution in [1.29, 1.82) is 0 Å². The summed E-state index contributed by atoms with van der Waals surface area (Å²) in [6, 6.07) is 5.19. The predicted octanol–water partition coefficient (Wildman–Crippen LogP) is 1.73.